The fourth-order valence-electron chi connectivity index (χ4n) is 5.51. The third-order valence-corrected chi connectivity index (χ3v) is 8.92. The van der Waals surface area contributed by atoms with E-state index in [2.05, 4.69) is 54.2 Å². The molecule has 0 fully saturated rings. The van der Waals surface area contributed by atoms with Gasteiger partial charge in [0.15, 0.2) is 0 Å². The van der Waals surface area contributed by atoms with Crippen LogP contribution in [0.2, 0.25) is 0 Å². The van der Waals surface area contributed by atoms with Gasteiger partial charge in [0.2, 0.25) is 4.77 Å². The molecule has 6 aromatic rings. The van der Waals surface area contributed by atoms with Gasteiger partial charge in [-0.3, -0.25) is 25.3 Å². The highest BCUT2D eigenvalue weighted by Crippen LogP contribution is 2.34. The number of halogens is 3. The third-order valence-electron chi connectivity index (χ3n) is 7.69. The van der Waals surface area contributed by atoms with Gasteiger partial charge in [0.1, 0.15) is 23.3 Å². The van der Waals surface area contributed by atoms with Gasteiger partial charge in [-0.15, -0.1) is 5.10 Å². The van der Waals surface area contributed by atoms with Crippen molar-refractivity contribution in [1.29, 1.82) is 0 Å². The van der Waals surface area contributed by atoms with E-state index < -0.39 is 14.2 Å². The number of aromatic nitrogens is 8. The summed E-state index contributed by atoms with van der Waals surface area (Å²) in [5.74, 6) is 0.737. The standard InChI is InChI=1S/C17H16ClFN4O2S.C17H17FN4S/c1-10(2)13-7-12(19)8-14(11-3-5-20-6-4-11)15(13)9-16-21-17(23-22-16)26(18,24)25;1-10(2)13-7-12(18)8-14(11-3-5-19-6-4-11)15(13)9-16-20-17(23)22-21-16/h3-8,10H,9H2,1-2H3,(H,21,22,23);3-8,10H,9H2,1-2H3,(H2,20,21,22,23). The van der Waals surface area contributed by atoms with Crippen molar-refractivity contribution >= 4 is 32.0 Å². The summed E-state index contributed by atoms with van der Waals surface area (Å²) >= 11 is 5.01. The van der Waals surface area contributed by atoms with E-state index in [9.17, 15) is 17.2 Å². The highest BCUT2D eigenvalue weighted by Gasteiger charge is 2.21. The van der Waals surface area contributed by atoms with Crippen molar-refractivity contribution in [2.24, 2.45) is 0 Å². The van der Waals surface area contributed by atoms with E-state index >= 15 is 0 Å². The summed E-state index contributed by atoms with van der Waals surface area (Å²) in [7, 11) is 1.26. The van der Waals surface area contributed by atoms with Gasteiger partial charge in [0, 0.05) is 48.3 Å². The maximum atomic E-state index is 14.2. The summed E-state index contributed by atoms with van der Waals surface area (Å²) in [6, 6.07) is 13.5. The van der Waals surface area contributed by atoms with Gasteiger partial charge in [0.25, 0.3) is 14.2 Å². The lowest BCUT2D eigenvalue weighted by molar-refractivity contribution is 0.601. The lowest BCUT2D eigenvalue weighted by Crippen LogP contribution is -2.04. The molecule has 4 heterocycles. The zero-order valence-electron chi connectivity index (χ0n) is 27.0. The molecule has 0 aliphatic heterocycles. The Morgan fingerprint density at radius 3 is 1.59 bits per heavy atom. The monoisotopic (exact) mass is 722 g/mol. The highest BCUT2D eigenvalue weighted by molar-refractivity contribution is 8.13. The highest BCUT2D eigenvalue weighted by atomic mass is 35.7. The van der Waals surface area contributed by atoms with Gasteiger partial charge >= 0.3 is 0 Å². The van der Waals surface area contributed by atoms with E-state index in [4.69, 9.17) is 22.9 Å². The predicted octanol–water partition coefficient (Wildman–Crippen LogP) is 8.03. The van der Waals surface area contributed by atoms with Crippen LogP contribution >= 0.6 is 22.9 Å². The Hall–Kier alpha value is -4.66. The number of hydrogen-bond donors (Lipinski definition) is 3. The first-order valence-electron chi connectivity index (χ1n) is 15.2. The summed E-state index contributed by atoms with van der Waals surface area (Å²) in [5, 5.41) is 11.5. The maximum Gasteiger partial charge on any atom is 0.298 e. The fraction of sp³-hybridized carbons (Fsp3) is 0.235. The SMILES string of the molecule is CC(C)c1cc(F)cc(-c2ccncc2)c1Cc1nc(=S)[nH][nH]1.CC(C)c1cc(F)cc(-c2ccncc2)c1Cc1nc(S(=O)(=O)Cl)n[nH]1. The molecule has 0 radical (unpaired) electrons. The quantitative estimate of drug-likeness (QED) is 0.100. The maximum absolute atomic E-state index is 14.2. The Morgan fingerprint density at radius 1 is 0.735 bits per heavy atom. The van der Waals surface area contributed by atoms with Crippen molar-refractivity contribution in [3.8, 4) is 22.3 Å². The number of rotatable bonds is 9. The Bertz CT molecular complexity index is 2220. The van der Waals surface area contributed by atoms with E-state index in [-0.39, 0.29) is 29.9 Å². The van der Waals surface area contributed by atoms with Crippen LogP contribution in [0.3, 0.4) is 0 Å². The molecule has 15 heteroatoms. The minimum absolute atomic E-state index is 0.0560. The molecule has 0 saturated heterocycles. The molecular weight excluding hydrogens is 690 g/mol. The molecular formula is C34H33ClF2N8O2S2. The summed E-state index contributed by atoms with van der Waals surface area (Å²) in [5.41, 5.74) is 6.96. The molecule has 4 aromatic heterocycles. The zero-order chi connectivity index (χ0) is 35.3. The molecule has 254 valence electrons. The Labute approximate surface area is 291 Å². The van der Waals surface area contributed by atoms with Gasteiger partial charge in [-0.25, -0.2) is 27.2 Å². The molecule has 0 aliphatic rings. The van der Waals surface area contributed by atoms with Crippen molar-refractivity contribution in [1.82, 2.24) is 40.3 Å². The molecule has 0 saturated carbocycles. The molecule has 2 aromatic carbocycles. The van der Waals surface area contributed by atoms with E-state index in [1.54, 1.807) is 49.1 Å². The van der Waals surface area contributed by atoms with Crippen molar-refractivity contribution in [3.63, 3.8) is 0 Å². The summed E-state index contributed by atoms with van der Waals surface area (Å²) < 4.78 is 51.5. The zero-order valence-corrected chi connectivity index (χ0v) is 29.4. The molecule has 0 amide bonds. The molecule has 0 unspecified atom stereocenters. The lowest BCUT2D eigenvalue weighted by Gasteiger charge is -2.17. The number of nitrogens with one attached hydrogen (secondary N) is 3. The average molecular weight is 723 g/mol. The van der Waals surface area contributed by atoms with Gasteiger partial charge in [-0.2, -0.15) is 0 Å². The first-order chi connectivity index (χ1) is 23.3. The summed E-state index contributed by atoms with van der Waals surface area (Å²) in [6.45, 7) is 8.04. The van der Waals surface area contributed by atoms with Gasteiger partial charge in [-0.05, 0) is 117 Å². The molecule has 49 heavy (non-hydrogen) atoms. The first kappa shape index (κ1) is 35.6. The number of nitrogens with zero attached hydrogens (tertiary/aromatic N) is 5. The molecule has 10 nitrogen and oxygen atoms in total. The van der Waals surface area contributed by atoms with Crippen molar-refractivity contribution in [2.45, 2.75) is 57.5 Å². The molecule has 0 aliphatic carbocycles. The van der Waals surface area contributed by atoms with Crippen LogP contribution in [0.25, 0.3) is 22.3 Å². The minimum Gasteiger partial charge on any atom is -0.285 e. The van der Waals surface area contributed by atoms with E-state index in [1.165, 1.54) is 12.1 Å². The van der Waals surface area contributed by atoms with Crippen LogP contribution in [0.4, 0.5) is 8.78 Å². The molecule has 0 spiro atoms. The van der Waals surface area contributed by atoms with E-state index in [0.29, 0.717) is 22.6 Å². The second kappa shape index (κ2) is 15.3. The molecule has 6 rings (SSSR count). The Kier molecular flexibility index (Phi) is 11.1. The Balaban J connectivity index is 0.000000192. The number of H-pyrrole nitrogens is 3. The predicted molar refractivity (Wildman–Crippen MR) is 186 cm³/mol. The normalized spacial score (nSPS) is 11.5. The van der Waals surface area contributed by atoms with Crippen molar-refractivity contribution < 1.29 is 17.2 Å². The van der Waals surface area contributed by atoms with Crippen LogP contribution in [0, 0.1) is 16.4 Å². The van der Waals surface area contributed by atoms with Crippen LogP contribution in [0.1, 0.15) is 73.4 Å². The van der Waals surface area contributed by atoms with Gasteiger partial charge in [-0.1, -0.05) is 27.7 Å². The second-order valence-corrected chi connectivity index (χ2v) is 14.6. The fourth-order valence-corrected chi connectivity index (χ4v) is 6.25. The Morgan fingerprint density at radius 2 is 1.20 bits per heavy atom. The molecule has 3 N–H and O–H groups in total. The lowest BCUT2D eigenvalue weighted by atomic mass is 9.88. The second-order valence-electron chi connectivity index (χ2n) is 11.8. The molecule has 0 bridgehead atoms. The van der Waals surface area contributed by atoms with Crippen LogP contribution in [-0.2, 0) is 21.9 Å². The van der Waals surface area contributed by atoms with Crippen molar-refractivity contribution in [2.75, 3.05) is 0 Å². The van der Waals surface area contributed by atoms with Crippen LogP contribution in [0.5, 0.6) is 0 Å². The largest absolute Gasteiger partial charge is 0.298 e. The number of hydrogen-bond acceptors (Lipinski definition) is 8. The number of pyridine rings is 2. The van der Waals surface area contributed by atoms with Crippen LogP contribution in [0.15, 0.2) is 78.5 Å². The minimum atomic E-state index is -4.02. The van der Waals surface area contributed by atoms with Crippen LogP contribution < -0.4 is 0 Å². The van der Waals surface area contributed by atoms with E-state index in [1.807, 2.05) is 26.0 Å². The summed E-state index contributed by atoms with van der Waals surface area (Å²) in [6.07, 6.45) is 7.49. The summed E-state index contributed by atoms with van der Waals surface area (Å²) in [4.78, 5) is 16.2. The number of benzene rings is 2. The molecule has 0 atom stereocenters. The van der Waals surface area contributed by atoms with Crippen LogP contribution in [-0.4, -0.2) is 48.7 Å². The average Bonchev–Trinajstić information content (AvgIpc) is 3.72. The first-order valence-corrected chi connectivity index (χ1v) is 18.0. The van der Waals surface area contributed by atoms with E-state index in [0.717, 1.165) is 44.8 Å². The smallest absolute Gasteiger partial charge is 0.285 e. The number of aromatic amines is 3. The topological polar surface area (TPSA) is 146 Å². The van der Waals surface area contributed by atoms with Crippen molar-refractivity contribution in [3.05, 3.63) is 124 Å². The van der Waals surface area contributed by atoms with Gasteiger partial charge in [0.05, 0.1) is 0 Å². The van der Waals surface area contributed by atoms with Gasteiger partial charge < -0.3 is 0 Å². The third kappa shape index (κ3) is 8.88.